The van der Waals surface area contributed by atoms with Gasteiger partial charge in [0.1, 0.15) is 0 Å². The van der Waals surface area contributed by atoms with Crippen LogP contribution in [-0.4, -0.2) is 28.9 Å². The Morgan fingerprint density at radius 1 is 1.11 bits per heavy atom. The number of nitrogens with zero attached hydrogens (tertiary/aromatic N) is 3. The van der Waals surface area contributed by atoms with Crippen LogP contribution in [0, 0.1) is 39.9 Å². The van der Waals surface area contributed by atoms with Gasteiger partial charge in [-0.1, -0.05) is 19.9 Å². The molecule has 35 heavy (non-hydrogen) atoms. The van der Waals surface area contributed by atoms with E-state index in [4.69, 9.17) is 10.2 Å². The quantitative estimate of drug-likeness (QED) is 0.539. The van der Waals surface area contributed by atoms with E-state index in [1.165, 1.54) is 37.8 Å². The Morgan fingerprint density at radius 3 is 2.69 bits per heavy atom. The molecule has 6 rings (SSSR count). The van der Waals surface area contributed by atoms with E-state index in [-0.39, 0.29) is 11.3 Å². The molecule has 3 saturated carbocycles. The summed E-state index contributed by atoms with van der Waals surface area (Å²) in [7, 11) is 2.00. The first kappa shape index (κ1) is 22.8. The zero-order valence-electron chi connectivity index (χ0n) is 20.8. The number of carbonyl (C=O) groups is 1. The van der Waals surface area contributed by atoms with Crippen molar-refractivity contribution in [1.82, 2.24) is 9.88 Å². The van der Waals surface area contributed by atoms with Gasteiger partial charge in [0.15, 0.2) is 5.13 Å². The Balaban J connectivity index is 1.22. The van der Waals surface area contributed by atoms with Gasteiger partial charge in [0.25, 0.3) is 0 Å². The number of amides is 1. The summed E-state index contributed by atoms with van der Waals surface area (Å²) < 4.78 is 0. The van der Waals surface area contributed by atoms with Gasteiger partial charge in [-0.3, -0.25) is 4.79 Å². The minimum Gasteiger partial charge on any atom is -0.338 e. The van der Waals surface area contributed by atoms with Crippen LogP contribution in [0.5, 0.6) is 0 Å². The largest absolute Gasteiger partial charge is 0.338 e. The van der Waals surface area contributed by atoms with E-state index in [2.05, 4.69) is 36.7 Å². The molecule has 4 aliphatic rings. The molecule has 2 aromatic rings. The number of nitriles is 1. The van der Waals surface area contributed by atoms with Crippen LogP contribution in [-0.2, 0) is 4.79 Å². The third-order valence-corrected chi connectivity index (χ3v) is 11.0. The van der Waals surface area contributed by atoms with E-state index in [1.807, 2.05) is 42.3 Å². The molecule has 5 nitrogen and oxygen atoms in total. The van der Waals surface area contributed by atoms with E-state index < -0.39 is 0 Å². The normalized spacial score (nSPS) is 37.8. The topological polar surface area (TPSA) is 69.0 Å². The molecule has 1 aromatic heterocycles. The molecule has 0 unspecified atom stereocenters. The molecule has 2 heterocycles. The monoisotopic (exact) mass is 486 g/mol. The minimum atomic E-state index is 0.101. The number of anilines is 2. The molecule has 3 fully saturated rings. The van der Waals surface area contributed by atoms with Gasteiger partial charge in [-0.2, -0.15) is 5.26 Å². The molecule has 0 radical (unpaired) electrons. The number of thiazole rings is 1. The second-order valence-corrected chi connectivity index (χ2v) is 12.5. The van der Waals surface area contributed by atoms with E-state index in [0.717, 1.165) is 29.1 Å². The molecular formula is C29H34N4OS. The smallest absolute Gasteiger partial charge is 0.246 e. The summed E-state index contributed by atoms with van der Waals surface area (Å²) in [6.45, 7) is 4.96. The molecule has 1 N–H and O–H groups in total. The summed E-state index contributed by atoms with van der Waals surface area (Å²) in [6.07, 6.45) is 11.5. The average molecular weight is 487 g/mol. The summed E-state index contributed by atoms with van der Waals surface area (Å²) in [5, 5.41) is 15.7. The fourth-order valence-electron chi connectivity index (χ4n) is 8.48. The summed E-state index contributed by atoms with van der Waals surface area (Å²) in [5.41, 5.74) is 3.28. The van der Waals surface area contributed by atoms with Crippen LogP contribution >= 0.6 is 11.3 Å². The van der Waals surface area contributed by atoms with Gasteiger partial charge in [-0.05, 0) is 92.0 Å². The van der Waals surface area contributed by atoms with Crippen LogP contribution in [0.2, 0.25) is 0 Å². The van der Waals surface area contributed by atoms with Crippen molar-refractivity contribution in [2.24, 2.45) is 28.6 Å². The second kappa shape index (κ2) is 8.20. The number of nitrogens with one attached hydrogen (secondary N) is 1. The fraction of sp³-hybridized carbons (Fsp3) is 0.552. The Kier molecular flexibility index (Phi) is 5.34. The lowest BCUT2D eigenvalue weighted by atomic mass is 9.47. The molecule has 6 heteroatoms. The lowest BCUT2D eigenvalue weighted by molar-refractivity contribution is -0.138. The number of hydrogen-bond donors (Lipinski definition) is 1. The highest BCUT2D eigenvalue weighted by Gasteiger charge is 2.60. The highest BCUT2D eigenvalue weighted by molar-refractivity contribution is 7.13. The molecule has 0 bridgehead atoms. The highest BCUT2D eigenvalue weighted by Crippen LogP contribution is 2.67. The second-order valence-electron chi connectivity index (χ2n) is 11.7. The number of likely N-dealkylation sites (N-methyl/N-ethyl adjacent to an activating group) is 1. The van der Waals surface area contributed by atoms with Gasteiger partial charge in [-0.25, -0.2) is 4.98 Å². The maximum atomic E-state index is 12.3. The van der Waals surface area contributed by atoms with Gasteiger partial charge in [-0.15, -0.1) is 11.3 Å². The fourth-order valence-corrected chi connectivity index (χ4v) is 9.26. The molecule has 1 aliphatic heterocycles. The van der Waals surface area contributed by atoms with Gasteiger partial charge >= 0.3 is 0 Å². The van der Waals surface area contributed by atoms with Gasteiger partial charge < -0.3 is 10.2 Å². The van der Waals surface area contributed by atoms with E-state index in [0.29, 0.717) is 28.9 Å². The Morgan fingerprint density at radius 2 is 1.91 bits per heavy atom. The van der Waals surface area contributed by atoms with Crippen LogP contribution in [0.4, 0.5) is 10.8 Å². The number of fused-ring (bicyclic) bond motifs is 5. The zero-order valence-corrected chi connectivity index (χ0v) is 21.6. The summed E-state index contributed by atoms with van der Waals surface area (Å²) in [4.78, 5) is 19.4. The predicted octanol–water partition coefficient (Wildman–Crippen LogP) is 6.48. The number of aromatic nitrogens is 1. The summed E-state index contributed by atoms with van der Waals surface area (Å²) in [5.74, 6) is 2.81. The van der Waals surface area contributed by atoms with Crippen molar-refractivity contribution in [3.63, 3.8) is 0 Å². The molecule has 182 valence electrons. The van der Waals surface area contributed by atoms with Crippen LogP contribution < -0.4 is 5.32 Å². The number of benzene rings is 1. The van der Waals surface area contributed by atoms with Crippen molar-refractivity contribution >= 4 is 28.1 Å². The SMILES string of the molecule is CN1C(=O)C=C[C@]2(C)[C@H]3CC[C@]4(C)[C@@H](c5csc(Nc6ccc(C#N)cc6)n5)CC[C@H]4[C@@H]3CC[C@@H]12. The van der Waals surface area contributed by atoms with Crippen LogP contribution in [0.3, 0.4) is 0 Å². The van der Waals surface area contributed by atoms with Gasteiger partial charge in [0.2, 0.25) is 5.91 Å². The van der Waals surface area contributed by atoms with Gasteiger partial charge in [0.05, 0.1) is 17.3 Å². The van der Waals surface area contributed by atoms with Crippen molar-refractivity contribution < 1.29 is 4.79 Å². The van der Waals surface area contributed by atoms with Crippen molar-refractivity contribution in [1.29, 1.82) is 5.26 Å². The first-order valence-corrected chi connectivity index (χ1v) is 13.9. The lowest BCUT2D eigenvalue weighted by Crippen LogP contribution is -2.59. The maximum absolute atomic E-state index is 12.3. The number of rotatable bonds is 3. The predicted molar refractivity (Wildman–Crippen MR) is 139 cm³/mol. The van der Waals surface area contributed by atoms with Crippen molar-refractivity contribution in [2.45, 2.75) is 64.3 Å². The Hall–Kier alpha value is -2.65. The van der Waals surface area contributed by atoms with E-state index in [1.54, 1.807) is 11.3 Å². The van der Waals surface area contributed by atoms with Crippen molar-refractivity contribution in [2.75, 3.05) is 12.4 Å². The average Bonchev–Trinajstić information content (AvgIpc) is 3.45. The summed E-state index contributed by atoms with van der Waals surface area (Å²) >= 11 is 1.68. The Bertz CT molecular complexity index is 1210. The number of carbonyl (C=O) groups excluding carboxylic acids is 1. The first-order chi connectivity index (χ1) is 16.8. The maximum Gasteiger partial charge on any atom is 0.246 e. The lowest BCUT2D eigenvalue weighted by Gasteiger charge is -2.60. The van der Waals surface area contributed by atoms with Gasteiger partial charge in [0, 0.05) is 35.5 Å². The van der Waals surface area contributed by atoms with E-state index >= 15 is 0 Å². The first-order valence-electron chi connectivity index (χ1n) is 13.0. The number of hydrogen-bond acceptors (Lipinski definition) is 5. The zero-order chi connectivity index (χ0) is 24.4. The molecule has 0 saturated heterocycles. The third-order valence-electron chi connectivity index (χ3n) is 10.3. The highest BCUT2D eigenvalue weighted by atomic mass is 32.1. The molecular weight excluding hydrogens is 452 g/mol. The van der Waals surface area contributed by atoms with Crippen LogP contribution in [0.1, 0.15) is 69.5 Å². The van der Waals surface area contributed by atoms with E-state index in [9.17, 15) is 4.79 Å². The van der Waals surface area contributed by atoms with Crippen molar-refractivity contribution in [3.8, 4) is 6.07 Å². The summed E-state index contributed by atoms with van der Waals surface area (Å²) in [6, 6.07) is 10.1. The molecule has 1 aromatic carbocycles. The standard InChI is InChI=1S/C29H34N4OS/c1-28-14-12-22-20(8-11-25-29(22,2)15-13-26(34)33(25)3)21(28)9-10-23(28)24-17-35-27(32-24)31-19-6-4-18(16-30)5-7-19/h4-7,13,15,17,20-23,25H,8-12,14H2,1-3H3,(H,31,32)/t20-,21-,22-,23+,25+,28-,29+/m0/s1. The molecule has 0 spiro atoms. The van der Waals surface area contributed by atoms with Crippen LogP contribution in [0.15, 0.2) is 41.8 Å². The molecule has 7 atom stereocenters. The molecule has 1 amide bonds. The molecule has 3 aliphatic carbocycles. The van der Waals surface area contributed by atoms with Crippen LogP contribution in [0.25, 0.3) is 0 Å². The van der Waals surface area contributed by atoms with Crippen molar-refractivity contribution in [3.05, 3.63) is 53.1 Å². The minimum absolute atomic E-state index is 0.101. The Labute approximate surface area is 212 Å². The third kappa shape index (κ3) is 3.46.